The molecule has 0 spiro atoms. The van der Waals surface area contributed by atoms with Gasteiger partial charge in [0.15, 0.2) is 17.2 Å². The van der Waals surface area contributed by atoms with E-state index in [1.165, 1.54) is 32.2 Å². The van der Waals surface area contributed by atoms with Crippen molar-refractivity contribution in [2.75, 3.05) is 27.2 Å². The summed E-state index contributed by atoms with van der Waals surface area (Å²) >= 11 is 6.54. The minimum atomic E-state index is -0.950. The Morgan fingerprint density at radius 2 is 1.89 bits per heavy atom. The first-order valence-electron chi connectivity index (χ1n) is 11.9. The number of carbonyl (C=O) groups excluding carboxylic acids is 1. The lowest BCUT2D eigenvalue weighted by molar-refractivity contribution is 0.0719. The molecule has 0 aliphatic carbocycles. The fourth-order valence-electron chi connectivity index (χ4n) is 4.92. The van der Waals surface area contributed by atoms with E-state index in [2.05, 4.69) is 10.6 Å². The summed E-state index contributed by atoms with van der Waals surface area (Å²) in [5, 5.41) is 14.9. The van der Waals surface area contributed by atoms with Crippen LogP contribution in [0.1, 0.15) is 41.3 Å². The molecule has 3 aromatic rings. The summed E-state index contributed by atoms with van der Waals surface area (Å²) in [6, 6.07) is 13.4. The van der Waals surface area contributed by atoms with Crippen LogP contribution in [-0.4, -0.2) is 44.4 Å². The molecule has 1 aliphatic heterocycles. The molecule has 1 aliphatic rings. The number of aliphatic hydroxyl groups excluding tert-OH is 1. The Morgan fingerprint density at radius 1 is 1.19 bits per heavy atom. The fraction of sp³-hybridized carbons (Fsp3) is 0.321. The predicted octanol–water partition coefficient (Wildman–Crippen LogP) is 5.02. The van der Waals surface area contributed by atoms with Crippen LogP contribution in [0.4, 0.5) is 8.78 Å². The minimum absolute atomic E-state index is 0.0247. The number of hydrogen-bond donors (Lipinski definition) is 3. The maximum absolute atomic E-state index is 16.1. The lowest BCUT2D eigenvalue weighted by Gasteiger charge is -2.33. The first-order valence-corrected chi connectivity index (χ1v) is 12.3. The van der Waals surface area contributed by atoms with Gasteiger partial charge in [0.05, 0.1) is 16.7 Å². The van der Waals surface area contributed by atoms with Crippen molar-refractivity contribution in [3.05, 3.63) is 81.9 Å². The zero-order valence-electron chi connectivity index (χ0n) is 21.0. The van der Waals surface area contributed by atoms with E-state index in [4.69, 9.17) is 21.1 Å². The number of ether oxygens (including phenoxy) is 2. The van der Waals surface area contributed by atoms with E-state index in [9.17, 15) is 9.90 Å². The monoisotopic (exact) mass is 530 g/mol. The molecule has 9 heteroatoms. The Hall–Kier alpha value is -3.20. The summed E-state index contributed by atoms with van der Waals surface area (Å²) in [6.07, 6.45) is -0.857. The van der Waals surface area contributed by atoms with Gasteiger partial charge in [0, 0.05) is 42.3 Å². The third kappa shape index (κ3) is 4.65. The van der Waals surface area contributed by atoms with Gasteiger partial charge in [-0.1, -0.05) is 48.9 Å². The Kier molecular flexibility index (Phi) is 7.73. The maximum Gasteiger partial charge on any atom is 0.251 e. The topological polar surface area (TPSA) is 79.8 Å². The van der Waals surface area contributed by atoms with Gasteiger partial charge >= 0.3 is 0 Å². The average Bonchev–Trinajstić information content (AvgIpc) is 3.16. The van der Waals surface area contributed by atoms with Crippen LogP contribution in [0.15, 0.2) is 48.5 Å². The Labute approximate surface area is 219 Å². The van der Waals surface area contributed by atoms with Crippen molar-refractivity contribution in [3.8, 4) is 22.6 Å². The molecular formula is C28H29ClF2N2O4. The Bertz CT molecular complexity index is 1320. The van der Waals surface area contributed by atoms with Crippen LogP contribution in [0, 0.1) is 11.6 Å². The van der Waals surface area contributed by atoms with E-state index in [1.807, 2.05) is 37.3 Å². The zero-order valence-corrected chi connectivity index (χ0v) is 21.7. The number of likely N-dealkylation sites (N-methyl/N-ethyl adjacent to an activating group) is 1. The van der Waals surface area contributed by atoms with Crippen LogP contribution in [0.3, 0.4) is 0 Å². The second-order valence-electron chi connectivity index (χ2n) is 9.11. The predicted molar refractivity (Wildman–Crippen MR) is 138 cm³/mol. The minimum Gasteiger partial charge on any atom is -0.488 e. The van der Waals surface area contributed by atoms with Gasteiger partial charge < -0.3 is 25.2 Å². The molecule has 1 heterocycles. The number of nitrogens with one attached hydrogen (secondary N) is 2. The Morgan fingerprint density at radius 3 is 2.51 bits per heavy atom. The molecule has 3 N–H and O–H groups in total. The third-order valence-electron chi connectivity index (χ3n) is 6.66. The summed E-state index contributed by atoms with van der Waals surface area (Å²) in [7, 11) is 3.20. The molecule has 0 aromatic heterocycles. The molecule has 0 saturated heterocycles. The second kappa shape index (κ2) is 10.7. The summed E-state index contributed by atoms with van der Waals surface area (Å²) < 4.78 is 43.3. The molecule has 3 aromatic carbocycles. The smallest absolute Gasteiger partial charge is 0.251 e. The zero-order chi connectivity index (χ0) is 26.9. The van der Waals surface area contributed by atoms with Gasteiger partial charge in [0.2, 0.25) is 0 Å². The normalized spacial score (nSPS) is 19.2. The lowest BCUT2D eigenvalue weighted by Crippen LogP contribution is -2.43. The Balaban J connectivity index is 2.02. The summed E-state index contributed by atoms with van der Waals surface area (Å²) in [5.41, 5.74) is 0.147. The van der Waals surface area contributed by atoms with Gasteiger partial charge in [-0.2, -0.15) is 0 Å². The van der Waals surface area contributed by atoms with Gasteiger partial charge in [-0.15, -0.1) is 0 Å². The molecule has 0 unspecified atom stereocenters. The van der Waals surface area contributed by atoms with E-state index in [0.717, 1.165) is 5.56 Å². The molecule has 196 valence electrons. The van der Waals surface area contributed by atoms with Gasteiger partial charge in [-0.25, -0.2) is 8.78 Å². The molecule has 1 amide bonds. The van der Waals surface area contributed by atoms with Crippen LogP contribution in [0.2, 0.25) is 5.02 Å². The SMILES string of the molecule is CNC[C@]1(c2ccccc2)Oc2cc(F)c(Cl)c(-c3c(C(=O)NC)ccc(OC[C@H](C)O)c3F)c2[C@@H]1C. The summed E-state index contributed by atoms with van der Waals surface area (Å²) in [4.78, 5) is 12.8. The number of halogens is 3. The second-order valence-corrected chi connectivity index (χ2v) is 9.49. The maximum atomic E-state index is 16.1. The number of aliphatic hydroxyl groups is 1. The number of carbonyl (C=O) groups is 1. The van der Waals surface area contributed by atoms with E-state index in [0.29, 0.717) is 12.1 Å². The molecule has 4 rings (SSSR count). The van der Waals surface area contributed by atoms with E-state index in [1.54, 1.807) is 7.05 Å². The molecule has 0 fully saturated rings. The lowest BCUT2D eigenvalue weighted by atomic mass is 9.77. The summed E-state index contributed by atoms with van der Waals surface area (Å²) in [6.45, 7) is 3.59. The van der Waals surface area contributed by atoms with E-state index < -0.39 is 35.2 Å². The molecule has 0 bridgehead atoms. The number of benzene rings is 3. The number of amides is 1. The van der Waals surface area contributed by atoms with E-state index in [-0.39, 0.29) is 39.8 Å². The van der Waals surface area contributed by atoms with Gasteiger partial charge in [-0.3, -0.25) is 4.79 Å². The van der Waals surface area contributed by atoms with Gasteiger partial charge in [0.1, 0.15) is 18.2 Å². The number of fused-ring (bicyclic) bond motifs is 1. The van der Waals surface area contributed by atoms with Crippen molar-refractivity contribution in [2.45, 2.75) is 31.5 Å². The van der Waals surface area contributed by atoms with Crippen molar-refractivity contribution in [2.24, 2.45) is 0 Å². The van der Waals surface area contributed by atoms with Gasteiger partial charge in [0.25, 0.3) is 5.91 Å². The van der Waals surface area contributed by atoms with Crippen molar-refractivity contribution in [1.82, 2.24) is 10.6 Å². The largest absolute Gasteiger partial charge is 0.488 e. The highest BCUT2D eigenvalue weighted by molar-refractivity contribution is 6.34. The number of hydrogen-bond acceptors (Lipinski definition) is 5. The van der Waals surface area contributed by atoms with E-state index >= 15 is 8.78 Å². The quantitative estimate of drug-likeness (QED) is 0.381. The van der Waals surface area contributed by atoms with Crippen LogP contribution >= 0.6 is 11.6 Å². The first-order chi connectivity index (χ1) is 17.7. The summed E-state index contributed by atoms with van der Waals surface area (Å²) in [5.74, 6) is -2.71. The van der Waals surface area contributed by atoms with Crippen molar-refractivity contribution >= 4 is 17.5 Å². The molecular weight excluding hydrogens is 502 g/mol. The van der Waals surface area contributed by atoms with Crippen LogP contribution < -0.4 is 20.1 Å². The van der Waals surface area contributed by atoms with Crippen LogP contribution in [-0.2, 0) is 5.60 Å². The highest BCUT2D eigenvalue weighted by atomic mass is 35.5. The van der Waals surface area contributed by atoms with Crippen molar-refractivity contribution < 1.29 is 28.2 Å². The van der Waals surface area contributed by atoms with Gasteiger partial charge in [-0.05, 0) is 31.7 Å². The van der Waals surface area contributed by atoms with Crippen LogP contribution in [0.25, 0.3) is 11.1 Å². The fourth-order valence-corrected chi connectivity index (χ4v) is 5.17. The molecule has 3 atom stereocenters. The molecule has 0 saturated carbocycles. The van der Waals surface area contributed by atoms with Crippen molar-refractivity contribution in [1.29, 1.82) is 0 Å². The number of rotatable bonds is 8. The highest BCUT2D eigenvalue weighted by Gasteiger charge is 2.49. The molecule has 6 nitrogen and oxygen atoms in total. The average molecular weight is 531 g/mol. The third-order valence-corrected chi connectivity index (χ3v) is 7.03. The van der Waals surface area contributed by atoms with Crippen LogP contribution in [0.5, 0.6) is 11.5 Å². The molecule has 0 radical (unpaired) electrons. The first kappa shape index (κ1) is 26.9. The standard InChI is InChI=1S/C28H29ClF2N2O4/c1-15(34)13-36-20-11-10-18(27(35)33-4)23(26(20)31)24-22-16(2)28(14-32-3,17-8-6-5-7-9-17)37-21(22)12-19(30)25(24)29/h5-12,15-16,32,34H,13-14H2,1-4H3,(H,33,35)/t15-,16-,28-/m0/s1. The highest BCUT2D eigenvalue weighted by Crippen LogP contribution is 2.56. The van der Waals surface area contributed by atoms with Crippen molar-refractivity contribution in [3.63, 3.8) is 0 Å². The molecule has 37 heavy (non-hydrogen) atoms.